The molecular weight excluding hydrogens is 268 g/mol. The first-order chi connectivity index (χ1) is 9.63. The molecule has 0 bridgehead atoms. The van der Waals surface area contributed by atoms with Crippen molar-refractivity contribution in [3.8, 4) is 0 Å². The molecule has 2 rings (SSSR count). The van der Waals surface area contributed by atoms with Crippen LogP contribution in [-0.4, -0.2) is 16.2 Å². The van der Waals surface area contributed by atoms with Crippen LogP contribution in [0.25, 0.3) is 0 Å². The van der Waals surface area contributed by atoms with Gasteiger partial charge in [0.25, 0.3) is 0 Å². The quantitative estimate of drug-likeness (QED) is 0.820. The fourth-order valence-corrected chi connectivity index (χ4v) is 2.26. The van der Waals surface area contributed by atoms with E-state index in [4.69, 9.17) is 5.73 Å². The smallest absolute Gasteiger partial charge is 0.139 e. The molecule has 0 aliphatic heterocycles. The zero-order valence-electron chi connectivity index (χ0n) is 12.1. The number of aryl methyl sites for hydroxylation is 1. The van der Waals surface area contributed by atoms with Crippen LogP contribution < -0.4 is 11.1 Å². The molecule has 3 N–H and O–H groups in total. The van der Waals surface area contributed by atoms with Crippen molar-refractivity contribution in [2.45, 2.75) is 31.6 Å². The zero-order chi connectivity index (χ0) is 14.5. The second-order valence-corrected chi connectivity index (χ2v) is 5.48. The predicted octanol–water partition coefficient (Wildman–Crippen LogP) is 3.79. The van der Waals surface area contributed by atoms with Crippen LogP contribution >= 0.6 is 11.8 Å². The van der Waals surface area contributed by atoms with E-state index in [-0.39, 0.29) is 0 Å². The molecule has 0 saturated heterocycles. The monoisotopic (exact) mass is 288 g/mol. The van der Waals surface area contributed by atoms with Crippen LogP contribution in [0.5, 0.6) is 0 Å². The highest BCUT2D eigenvalue weighted by molar-refractivity contribution is 7.98. The number of nitrogens with two attached hydrogens (primary N) is 1. The molecule has 0 unspecified atom stereocenters. The van der Waals surface area contributed by atoms with Gasteiger partial charge in [0.1, 0.15) is 17.5 Å². The van der Waals surface area contributed by atoms with E-state index >= 15 is 0 Å². The molecule has 2 aromatic rings. The molecule has 0 fully saturated rings. The van der Waals surface area contributed by atoms with Gasteiger partial charge in [-0.3, -0.25) is 0 Å². The van der Waals surface area contributed by atoms with Crippen molar-refractivity contribution in [1.82, 2.24) is 9.97 Å². The molecule has 106 valence electrons. The van der Waals surface area contributed by atoms with Gasteiger partial charge in [-0.25, -0.2) is 9.97 Å². The molecule has 1 aromatic heterocycles. The van der Waals surface area contributed by atoms with Crippen LogP contribution in [0.4, 0.5) is 17.3 Å². The summed E-state index contributed by atoms with van der Waals surface area (Å²) in [6, 6.07) is 8.26. The highest BCUT2D eigenvalue weighted by atomic mass is 32.2. The lowest BCUT2D eigenvalue weighted by Gasteiger charge is -2.12. The van der Waals surface area contributed by atoms with Crippen LogP contribution in [0, 0.1) is 6.92 Å². The maximum absolute atomic E-state index is 5.96. The third-order valence-corrected chi connectivity index (χ3v) is 3.80. The van der Waals surface area contributed by atoms with Crippen molar-refractivity contribution < 1.29 is 0 Å². The number of benzene rings is 1. The summed E-state index contributed by atoms with van der Waals surface area (Å²) in [4.78, 5) is 10.1. The molecule has 4 nitrogen and oxygen atoms in total. The topological polar surface area (TPSA) is 63.8 Å². The minimum absolute atomic E-state index is 0.548. The van der Waals surface area contributed by atoms with Crippen LogP contribution in [0.2, 0.25) is 0 Å². The maximum atomic E-state index is 5.96. The van der Waals surface area contributed by atoms with E-state index in [0.717, 1.165) is 35.7 Å². The minimum Gasteiger partial charge on any atom is -0.383 e. The van der Waals surface area contributed by atoms with Crippen molar-refractivity contribution in [2.75, 3.05) is 17.3 Å². The van der Waals surface area contributed by atoms with E-state index in [0.29, 0.717) is 5.82 Å². The Morgan fingerprint density at radius 2 is 1.90 bits per heavy atom. The molecule has 0 atom stereocenters. The Kier molecular flexibility index (Phi) is 4.84. The Bertz CT molecular complexity index is 581. The summed E-state index contributed by atoms with van der Waals surface area (Å²) in [5.74, 6) is 2.13. The third kappa shape index (κ3) is 3.42. The lowest BCUT2D eigenvalue weighted by atomic mass is 10.2. The second kappa shape index (κ2) is 6.61. The highest BCUT2D eigenvalue weighted by Crippen LogP contribution is 2.24. The summed E-state index contributed by atoms with van der Waals surface area (Å²) < 4.78 is 0. The van der Waals surface area contributed by atoms with E-state index in [1.807, 2.05) is 19.1 Å². The Labute approximate surface area is 124 Å². The number of nitrogens with one attached hydrogen (secondary N) is 1. The first kappa shape index (κ1) is 14.7. The van der Waals surface area contributed by atoms with Gasteiger partial charge in [-0.2, -0.15) is 0 Å². The van der Waals surface area contributed by atoms with Crippen LogP contribution in [0.3, 0.4) is 0 Å². The average molecular weight is 288 g/mol. The number of anilines is 3. The number of nitrogens with zero attached hydrogens (tertiary/aromatic N) is 2. The van der Waals surface area contributed by atoms with Crippen LogP contribution in [0.15, 0.2) is 29.2 Å². The van der Waals surface area contributed by atoms with Crippen LogP contribution in [-0.2, 0) is 6.42 Å². The summed E-state index contributed by atoms with van der Waals surface area (Å²) in [6.45, 7) is 4.04. The lowest BCUT2D eigenvalue weighted by molar-refractivity contribution is 0.836. The molecule has 0 saturated carbocycles. The molecular formula is C15H20N4S. The summed E-state index contributed by atoms with van der Waals surface area (Å²) in [5, 5.41) is 3.32. The van der Waals surface area contributed by atoms with E-state index in [2.05, 4.69) is 40.6 Å². The summed E-state index contributed by atoms with van der Waals surface area (Å²) in [5.41, 5.74) is 7.85. The van der Waals surface area contributed by atoms with Gasteiger partial charge in [0.2, 0.25) is 0 Å². The first-order valence-corrected chi connectivity index (χ1v) is 7.90. The van der Waals surface area contributed by atoms with Gasteiger partial charge in [-0.05, 0) is 43.9 Å². The predicted molar refractivity (Wildman–Crippen MR) is 86.7 cm³/mol. The third-order valence-electron chi connectivity index (χ3n) is 3.06. The van der Waals surface area contributed by atoms with Gasteiger partial charge >= 0.3 is 0 Å². The molecule has 1 aromatic carbocycles. The fraction of sp³-hybridized carbons (Fsp3) is 0.333. The molecule has 0 spiro atoms. The molecule has 0 radical (unpaired) electrons. The normalized spacial score (nSPS) is 10.6. The van der Waals surface area contributed by atoms with Crippen LogP contribution in [0.1, 0.15) is 24.7 Å². The molecule has 0 aliphatic rings. The lowest BCUT2D eigenvalue weighted by Crippen LogP contribution is -2.07. The fourth-order valence-electron chi connectivity index (χ4n) is 1.85. The van der Waals surface area contributed by atoms with E-state index in [1.165, 1.54) is 4.90 Å². The summed E-state index contributed by atoms with van der Waals surface area (Å²) >= 11 is 1.73. The highest BCUT2D eigenvalue weighted by Gasteiger charge is 2.08. The molecule has 0 amide bonds. The van der Waals surface area contributed by atoms with Gasteiger partial charge in [0.15, 0.2) is 0 Å². The van der Waals surface area contributed by atoms with Crippen molar-refractivity contribution in [3.05, 3.63) is 35.7 Å². The van der Waals surface area contributed by atoms with Crippen molar-refractivity contribution in [2.24, 2.45) is 0 Å². The maximum Gasteiger partial charge on any atom is 0.139 e. The Hall–Kier alpha value is -1.75. The number of thioether (sulfide) groups is 1. The standard InChI is InChI=1S/C15H20N4S/c1-4-5-13-18-14(16)10(2)15(19-13)17-11-6-8-12(20-3)9-7-11/h6-9H,4-5H2,1-3H3,(H3,16,17,18,19). The zero-order valence-corrected chi connectivity index (χ0v) is 12.9. The van der Waals surface area contributed by atoms with E-state index in [9.17, 15) is 0 Å². The average Bonchev–Trinajstić information content (AvgIpc) is 2.45. The van der Waals surface area contributed by atoms with Crippen molar-refractivity contribution in [1.29, 1.82) is 0 Å². The molecule has 0 aliphatic carbocycles. The number of aromatic nitrogens is 2. The molecule has 1 heterocycles. The van der Waals surface area contributed by atoms with Gasteiger partial charge in [0, 0.05) is 22.6 Å². The Morgan fingerprint density at radius 3 is 2.50 bits per heavy atom. The SMILES string of the molecule is CCCc1nc(N)c(C)c(Nc2ccc(SC)cc2)n1. The first-order valence-electron chi connectivity index (χ1n) is 6.68. The minimum atomic E-state index is 0.548. The molecule has 20 heavy (non-hydrogen) atoms. The van der Waals surface area contributed by atoms with E-state index in [1.54, 1.807) is 11.8 Å². The van der Waals surface area contributed by atoms with Gasteiger partial charge < -0.3 is 11.1 Å². The number of rotatable bonds is 5. The summed E-state index contributed by atoms with van der Waals surface area (Å²) in [7, 11) is 0. The van der Waals surface area contributed by atoms with Gasteiger partial charge in [0.05, 0.1) is 0 Å². The summed E-state index contributed by atoms with van der Waals surface area (Å²) in [6.07, 6.45) is 3.91. The van der Waals surface area contributed by atoms with Crippen molar-refractivity contribution >= 4 is 29.1 Å². The Morgan fingerprint density at radius 1 is 1.20 bits per heavy atom. The van der Waals surface area contributed by atoms with Gasteiger partial charge in [-0.1, -0.05) is 6.92 Å². The number of nitrogen functional groups attached to an aromatic ring is 1. The molecule has 5 heteroatoms. The Balaban J connectivity index is 2.26. The van der Waals surface area contributed by atoms with E-state index < -0.39 is 0 Å². The number of hydrogen-bond donors (Lipinski definition) is 2. The second-order valence-electron chi connectivity index (χ2n) is 4.60. The largest absolute Gasteiger partial charge is 0.383 e. The van der Waals surface area contributed by atoms with Crippen molar-refractivity contribution in [3.63, 3.8) is 0 Å². The van der Waals surface area contributed by atoms with Gasteiger partial charge in [-0.15, -0.1) is 11.8 Å². The number of hydrogen-bond acceptors (Lipinski definition) is 5.